The normalized spacial score (nSPS) is 12.5. The van der Waals surface area contributed by atoms with Crippen LogP contribution in [-0.4, -0.2) is 46.6 Å². The van der Waals surface area contributed by atoms with Crippen LogP contribution >= 0.6 is 0 Å². The van der Waals surface area contributed by atoms with Crippen LogP contribution in [0.4, 0.5) is 0 Å². The third kappa shape index (κ3) is 8.83. The van der Waals surface area contributed by atoms with Gasteiger partial charge in [0.1, 0.15) is 0 Å². The molecule has 0 aliphatic heterocycles. The van der Waals surface area contributed by atoms with E-state index in [0.717, 1.165) is 0 Å². The molecule has 1 atom stereocenters. The monoisotopic (exact) mass is 208 g/mol. The van der Waals surface area contributed by atoms with Crippen molar-refractivity contribution >= 4 is 23.7 Å². The standard InChI is InChI=1S/C3H8O2.H2Te/c1-3(5)2-4;/h3-5H,2H2,1H3;1H2. The van der Waals surface area contributed by atoms with E-state index in [4.69, 9.17) is 10.2 Å². The number of aliphatic hydroxyl groups is 2. The molecule has 0 aromatic rings. The van der Waals surface area contributed by atoms with Crippen molar-refractivity contribution in [2.24, 2.45) is 0 Å². The van der Waals surface area contributed by atoms with Crippen molar-refractivity contribution in [1.29, 1.82) is 0 Å². The van der Waals surface area contributed by atoms with Crippen molar-refractivity contribution in [3.05, 3.63) is 0 Å². The molecular weight excluding hydrogens is 196 g/mol. The third-order valence-electron chi connectivity index (χ3n) is 0.264. The first-order valence-electron chi connectivity index (χ1n) is 1.56. The molecule has 0 aliphatic rings. The van der Waals surface area contributed by atoms with Gasteiger partial charge in [-0.25, -0.2) is 0 Å². The molecule has 0 aromatic carbocycles. The van der Waals surface area contributed by atoms with Crippen LogP contribution in [0, 0.1) is 0 Å². The summed E-state index contributed by atoms with van der Waals surface area (Å²) in [6.45, 7) is 1.39. The van der Waals surface area contributed by atoms with Crippen molar-refractivity contribution in [2.75, 3.05) is 6.61 Å². The predicted molar refractivity (Wildman–Crippen MR) is 27.3 cm³/mol. The van der Waals surface area contributed by atoms with Gasteiger partial charge in [0.05, 0.1) is 12.7 Å². The first-order chi connectivity index (χ1) is 2.27. The Hall–Kier alpha value is 0.710. The van der Waals surface area contributed by atoms with Gasteiger partial charge in [0, 0.05) is 0 Å². The van der Waals surface area contributed by atoms with Gasteiger partial charge >= 0.3 is 23.7 Å². The van der Waals surface area contributed by atoms with Crippen LogP contribution in [0.15, 0.2) is 0 Å². The second kappa shape index (κ2) is 5.71. The Morgan fingerprint density at radius 3 is 1.83 bits per heavy atom. The van der Waals surface area contributed by atoms with Crippen molar-refractivity contribution < 1.29 is 10.2 Å². The topological polar surface area (TPSA) is 40.5 Å². The van der Waals surface area contributed by atoms with Gasteiger partial charge < -0.3 is 10.2 Å². The number of hydrogen-bond donors (Lipinski definition) is 2. The molecular formula is C3H10O2Te. The predicted octanol–water partition coefficient (Wildman–Crippen LogP) is -1.56. The molecule has 0 spiro atoms. The summed E-state index contributed by atoms with van der Waals surface area (Å²) in [4.78, 5) is 0. The van der Waals surface area contributed by atoms with E-state index in [0.29, 0.717) is 0 Å². The van der Waals surface area contributed by atoms with Gasteiger partial charge in [0.25, 0.3) is 0 Å². The zero-order valence-electron chi connectivity index (χ0n) is 3.68. The van der Waals surface area contributed by atoms with E-state index < -0.39 is 6.10 Å². The van der Waals surface area contributed by atoms with Crippen LogP contribution in [0.5, 0.6) is 0 Å². The fraction of sp³-hybridized carbons (Fsp3) is 1.00. The van der Waals surface area contributed by atoms with Crippen molar-refractivity contribution in [2.45, 2.75) is 13.0 Å². The van der Waals surface area contributed by atoms with Gasteiger partial charge in [-0.15, -0.1) is 0 Å². The zero-order valence-corrected chi connectivity index (χ0v) is 6.53. The van der Waals surface area contributed by atoms with Crippen LogP contribution in [-0.2, 0) is 0 Å². The number of hydrogen-bond acceptors (Lipinski definition) is 2. The molecule has 0 aromatic heterocycles. The van der Waals surface area contributed by atoms with Crippen molar-refractivity contribution in [1.82, 2.24) is 0 Å². The second-order valence-corrected chi connectivity index (χ2v) is 1.03. The summed E-state index contributed by atoms with van der Waals surface area (Å²) in [6.07, 6.45) is -0.560. The molecule has 0 fully saturated rings. The Labute approximate surface area is 53.9 Å². The van der Waals surface area contributed by atoms with E-state index in [1.807, 2.05) is 0 Å². The first kappa shape index (κ1) is 9.86. The first-order valence-corrected chi connectivity index (χ1v) is 1.56. The van der Waals surface area contributed by atoms with Crippen LogP contribution in [0.1, 0.15) is 6.92 Å². The molecule has 0 heterocycles. The fourth-order valence-electron chi connectivity index (χ4n) is 0. The van der Waals surface area contributed by atoms with E-state index >= 15 is 0 Å². The molecule has 6 heavy (non-hydrogen) atoms. The SMILES string of the molecule is CC(O)CO.[TeH2]. The fourth-order valence-corrected chi connectivity index (χ4v) is 0. The summed E-state index contributed by atoms with van der Waals surface area (Å²) in [5.41, 5.74) is 0. The van der Waals surface area contributed by atoms with Crippen LogP contribution in [0.3, 0.4) is 0 Å². The summed E-state index contributed by atoms with van der Waals surface area (Å²) >= 11 is 0. The minimum absolute atomic E-state index is 0. The Morgan fingerprint density at radius 1 is 1.67 bits per heavy atom. The summed E-state index contributed by atoms with van der Waals surface area (Å²) in [6, 6.07) is 0. The Kier molecular flexibility index (Phi) is 9.38. The molecule has 0 saturated carbocycles. The molecule has 1 unspecified atom stereocenters. The van der Waals surface area contributed by atoms with E-state index in [1.165, 1.54) is 6.92 Å². The summed E-state index contributed by atoms with van der Waals surface area (Å²) in [5, 5.41) is 16.0. The Bertz CT molecular complexity index is 22.8. The zero-order chi connectivity index (χ0) is 4.28. The average Bonchev–Trinajstić information content (AvgIpc) is 1.38. The van der Waals surface area contributed by atoms with Crippen LogP contribution in [0.25, 0.3) is 0 Å². The molecule has 3 heteroatoms. The maximum atomic E-state index is 8.11. The van der Waals surface area contributed by atoms with Gasteiger partial charge in [-0.05, 0) is 6.92 Å². The molecule has 0 amide bonds. The van der Waals surface area contributed by atoms with Crippen LogP contribution < -0.4 is 0 Å². The van der Waals surface area contributed by atoms with Gasteiger partial charge in [-0.3, -0.25) is 0 Å². The second-order valence-electron chi connectivity index (χ2n) is 1.03. The van der Waals surface area contributed by atoms with E-state index in [9.17, 15) is 0 Å². The molecule has 40 valence electrons. The molecule has 0 aliphatic carbocycles. The molecule has 2 N–H and O–H groups in total. The summed E-state index contributed by atoms with van der Waals surface area (Å²) in [5.74, 6) is 0. The van der Waals surface area contributed by atoms with Gasteiger partial charge in [-0.2, -0.15) is 0 Å². The van der Waals surface area contributed by atoms with E-state index in [2.05, 4.69) is 0 Å². The molecule has 0 rings (SSSR count). The molecule has 0 saturated heterocycles. The summed E-state index contributed by atoms with van der Waals surface area (Å²) in [7, 11) is 0. The minimum atomic E-state index is -0.560. The van der Waals surface area contributed by atoms with E-state index in [1.54, 1.807) is 0 Å². The van der Waals surface area contributed by atoms with Crippen molar-refractivity contribution in [3.63, 3.8) is 0 Å². The third-order valence-corrected chi connectivity index (χ3v) is 0.264. The Morgan fingerprint density at radius 2 is 1.83 bits per heavy atom. The van der Waals surface area contributed by atoms with Gasteiger partial charge in [-0.1, -0.05) is 0 Å². The molecule has 0 radical (unpaired) electrons. The quantitative estimate of drug-likeness (QED) is 0.509. The Balaban J connectivity index is 0. The van der Waals surface area contributed by atoms with Gasteiger partial charge in [0.2, 0.25) is 0 Å². The molecule has 2 nitrogen and oxygen atoms in total. The maximum absolute atomic E-state index is 8.11. The van der Waals surface area contributed by atoms with Crippen molar-refractivity contribution in [3.8, 4) is 0 Å². The number of rotatable bonds is 1. The molecule has 0 bridgehead atoms. The van der Waals surface area contributed by atoms with E-state index in [-0.39, 0.29) is 30.3 Å². The average molecular weight is 206 g/mol. The van der Waals surface area contributed by atoms with Crippen LogP contribution in [0.2, 0.25) is 0 Å². The van der Waals surface area contributed by atoms with Gasteiger partial charge in [0.15, 0.2) is 0 Å². The summed E-state index contributed by atoms with van der Waals surface area (Å²) < 4.78 is 0. The number of aliphatic hydroxyl groups excluding tert-OH is 2.